The SMILES string of the molecule is CCC(=O)Nc1cccc(NCc2ccncn2)c1C. The fourth-order valence-corrected chi connectivity index (χ4v) is 1.81. The van der Waals surface area contributed by atoms with Crippen LogP contribution in [0.4, 0.5) is 11.4 Å². The second-order valence-corrected chi connectivity index (χ2v) is 4.43. The van der Waals surface area contributed by atoms with E-state index in [1.807, 2.05) is 38.1 Å². The molecule has 0 saturated carbocycles. The van der Waals surface area contributed by atoms with Crippen LogP contribution in [-0.4, -0.2) is 15.9 Å². The number of amides is 1. The second-order valence-electron chi connectivity index (χ2n) is 4.43. The summed E-state index contributed by atoms with van der Waals surface area (Å²) >= 11 is 0. The minimum absolute atomic E-state index is 0.0149. The Bertz CT molecular complexity index is 584. The number of carbonyl (C=O) groups excluding carboxylic acids is 1. The predicted octanol–water partition coefficient (Wildman–Crippen LogP) is 2.75. The molecule has 104 valence electrons. The highest BCUT2D eigenvalue weighted by Crippen LogP contribution is 2.23. The lowest BCUT2D eigenvalue weighted by molar-refractivity contribution is -0.115. The maximum atomic E-state index is 11.5. The zero-order chi connectivity index (χ0) is 14.4. The molecular formula is C15H18N4O. The fourth-order valence-electron chi connectivity index (χ4n) is 1.81. The van der Waals surface area contributed by atoms with E-state index in [2.05, 4.69) is 20.6 Å². The summed E-state index contributed by atoms with van der Waals surface area (Å²) in [5, 5.41) is 6.21. The molecule has 2 rings (SSSR count). The van der Waals surface area contributed by atoms with E-state index < -0.39 is 0 Å². The normalized spacial score (nSPS) is 10.1. The van der Waals surface area contributed by atoms with Gasteiger partial charge in [0.05, 0.1) is 12.2 Å². The Balaban J connectivity index is 2.08. The molecule has 0 fully saturated rings. The molecule has 0 saturated heterocycles. The third-order valence-electron chi connectivity index (χ3n) is 3.03. The summed E-state index contributed by atoms with van der Waals surface area (Å²) < 4.78 is 0. The lowest BCUT2D eigenvalue weighted by atomic mass is 10.1. The van der Waals surface area contributed by atoms with Crippen LogP contribution in [0.5, 0.6) is 0 Å². The van der Waals surface area contributed by atoms with Crippen LogP contribution in [0.2, 0.25) is 0 Å². The van der Waals surface area contributed by atoms with Gasteiger partial charge in [0.1, 0.15) is 6.33 Å². The molecule has 0 aliphatic carbocycles. The van der Waals surface area contributed by atoms with Gasteiger partial charge in [-0.25, -0.2) is 9.97 Å². The third kappa shape index (κ3) is 3.54. The Morgan fingerprint density at radius 3 is 2.75 bits per heavy atom. The van der Waals surface area contributed by atoms with Gasteiger partial charge in [-0.1, -0.05) is 13.0 Å². The standard InChI is InChI=1S/C15H18N4O/c1-3-15(20)19-14-6-4-5-13(11(14)2)17-9-12-7-8-16-10-18-12/h4-8,10,17H,3,9H2,1-2H3,(H,19,20). The van der Waals surface area contributed by atoms with E-state index >= 15 is 0 Å². The molecule has 0 radical (unpaired) electrons. The van der Waals surface area contributed by atoms with Crippen LogP contribution in [0.25, 0.3) is 0 Å². The average Bonchev–Trinajstić information content (AvgIpc) is 2.49. The van der Waals surface area contributed by atoms with Gasteiger partial charge in [0.2, 0.25) is 5.91 Å². The predicted molar refractivity (Wildman–Crippen MR) is 79.5 cm³/mol. The molecule has 1 heterocycles. The molecule has 0 bridgehead atoms. The average molecular weight is 270 g/mol. The van der Waals surface area contributed by atoms with Crippen LogP contribution < -0.4 is 10.6 Å². The largest absolute Gasteiger partial charge is 0.379 e. The van der Waals surface area contributed by atoms with E-state index in [1.165, 1.54) is 6.33 Å². The van der Waals surface area contributed by atoms with Crippen LogP contribution >= 0.6 is 0 Å². The van der Waals surface area contributed by atoms with Crippen molar-refractivity contribution in [2.45, 2.75) is 26.8 Å². The number of aromatic nitrogens is 2. The molecule has 5 nitrogen and oxygen atoms in total. The van der Waals surface area contributed by atoms with Gasteiger partial charge in [0, 0.05) is 24.0 Å². The van der Waals surface area contributed by atoms with Gasteiger partial charge in [0.15, 0.2) is 0 Å². The maximum Gasteiger partial charge on any atom is 0.224 e. The Hall–Kier alpha value is -2.43. The minimum Gasteiger partial charge on any atom is -0.379 e. The van der Waals surface area contributed by atoms with Gasteiger partial charge < -0.3 is 10.6 Å². The van der Waals surface area contributed by atoms with E-state index in [4.69, 9.17) is 0 Å². The van der Waals surface area contributed by atoms with Gasteiger partial charge in [0.25, 0.3) is 0 Å². The number of benzene rings is 1. The van der Waals surface area contributed by atoms with E-state index in [-0.39, 0.29) is 5.91 Å². The highest BCUT2D eigenvalue weighted by molar-refractivity contribution is 5.92. The molecule has 2 aromatic rings. The molecule has 1 aromatic carbocycles. The number of nitrogens with one attached hydrogen (secondary N) is 2. The van der Waals surface area contributed by atoms with Crippen molar-refractivity contribution in [3.05, 3.63) is 48.0 Å². The summed E-state index contributed by atoms with van der Waals surface area (Å²) in [5.41, 5.74) is 3.76. The van der Waals surface area contributed by atoms with Crippen LogP contribution in [-0.2, 0) is 11.3 Å². The Labute approximate surface area is 118 Å². The number of hydrogen-bond donors (Lipinski definition) is 2. The van der Waals surface area contributed by atoms with Gasteiger partial charge in [-0.05, 0) is 30.7 Å². The van der Waals surface area contributed by atoms with Crippen molar-refractivity contribution in [2.75, 3.05) is 10.6 Å². The van der Waals surface area contributed by atoms with E-state index in [0.717, 1.165) is 22.6 Å². The Morgan fingerprint density at radius 2 is 2.05 bits per heavy atom. The van der Waals surface area contributed by atoms with Crippen LogP contribution in [0.1, 0.15) is 24.6 Å². The first kappa shape index (κ1) is 14.0. The van der Waals surface area contributed by atoms with Crippen LogP contribution in [0.15, 0.2) is 36.8 Å². The highest BCUT2D eigenvalue weighted by Gasteiger charge is 2.06. The highest BCUT2D eigenvalue weighted by atomic mass is 16.1. The summed E-state index contributed by atoms with van der Waals surface area (Å²) in [6.45, 7) is 4.43. The summed E-state index contributed by atoms with van der Waals surface area (Å²) in [4.78, 5) is 19.5. The van der Waals surface area contributed by atoms with Crippen LogP contribution in [0.3, 0.4) is 0 Å². The maximum absolute atomic E-state index is 11.5. The lowest BCUT2D eigenvalue weighted by Crippen LogP contribution is -2.11. The third-order valence-corrected chi connectivity index (χ3v) is 3.03. The van der Waals surface area contributed by atoms with E-state index in [1.54, 1.807) is 6.20 Å². The van der Waals surface area contributed by atoms with Crippen LogP contribution in [0, 0.1) is 6.92 Å². The molecule has 0 unspecified atom stereocenters. The first-order chi connectivity index (χ1) is 9.70. The van der Waals surface area contributed by atoms with Gasteiger partial charge in [-0.2, -0.15) is 0 Å². The smallest absolute Gasteiger partial charge is 0.224 e. The molecule has 0 atom stereocenters. The topological polar surface area (TPSA) is 66.9 Å². The molecule has 0 aliphatic heterocycles. The molecule has 2 N–H and O–H groups in total. The summed E-state index contributed by atoms with van der Waals surface area (Å²) in [6, 6.07) is 7.67. The van der Waals surface area contributed by atoms with Gasteiger partial charge >= 0.3 is 0 Å². The fraction of sp³-hybridized carbons (Fsp3) is 0.267. The Morgan fingerprint density at radius 1 is 1.25 bits per heavy atom. The minimum atomic E-state index is 0.0149. The summed E-state index contributed by atoms with van der Waals surface area (Å²) in [6.07, 6.45) is 3.72. The number of rotatable bonds is 5. The van der Waals surface area contributed by atoms with E-state index in [9.17, 15) is 4.79 Å². The zero-order valence-corrected chi connectivity index (χ0v) is 11.7. The Kier molecular flexibility index (Phi) is 4.65. The van der Waals surface area contributed by atoms with E-state index in [0.29, 0.717) is 13.0 Å². The quantitative estimate of drug-likeness (QED) is 0.876. The first-order valence-corrected chi connectivity index (χ1v) is 6.59. The summed E-state index contributed by atoms with van der Waals surface area (Å²) in [5.74, 6) is 0.0149. The van der Waals surface area contributed by atoms with Crippen molar-refractivity contribution in [1.82, 2.24) is 9.97 Å². The lowest BCUT2D eigenvalue weighted by Gasteiger charge is -2.13. The van der Waals surface area contributed by atoms with Crippen molar-refractivity contribution >= 4 is 17.3 Å². The van der Waals surface area contributed by atoms with Gasteiger partial charge in [-0.3, -0.25) is 4.79 Å². The number of nitrogens with zero attached hydrogens (tertiary/aromatic N) is 2. The molecule has 0 aliphatic rings. The molecule has 5 heteroatoms. The second kappa shape index (κ2) is 6.65. The number of carbonyl (C=O) groups is 1. The zero-order valence-electron chi connectivity index (χ0n) is 11.7. The molecule has 1 amide bonds. The molecule has 1 aromatic heterocycles. The first-order valence-electron chi connectivity index (χ1n) is 6.59. The van der Waals surface area contributed by atoms with Crippen molar-refractivity contribution in [3.63, 3.8) is 0 Å². The number of hydrogen-bond acceptors (Lipinski definition) is 4. The van der Waals surface area contributed by atoms with Crippen molar-refractivity contribution in [3.8, 4) is 0 Å². The monoisotopic (exact) mass is 270 g/mol. The summed E-state index contributed by atoms with van der Waals surface area (Å²) in [7, 11) is 0. The molecular weight excluding hydrogens is 252 g/mol. The molecule has 0 spiro atoms. The molecule has 20 heavy (non-hydrogen) atoms. The van der Waals surface area contributed by atoms with Crippen molar-refractivity contribution in [1.29, 1.82) is 0 Å². The van der Waals surface area contributed by atoms with Crippen molar-refractivity contribution in [2.24, 2.45) is 0 Å². The number of anilines is 2. The van der Waals surface area contributed by atoms with Crippen molar-refractivity contribution < 1.29 is 4.79 Å². The van der Waals surface area contributed by atoms with Gasteiger partial charge in [-0.15, -0.1) is 0 Å².